The van der Waals surface area contributed by atoms with E-state index in [0.717, 1.165) is 51.3 Å². The molecule has 1 heterocycles. The maximum Gasteiger partial charge on any atom is 0.223 e. The Bertz CT molecular complexity index is 693. The lowest BCUT2D eigenvalue weighted by atomic mass is 9.89. The molecule has 1 aromatic carbocycles. The van der Waals surface area contributed by atoms with Crippen molar-refractivity contribution in [1.29, 1.82) is 0 Å². The van der Waals surface area contributed by atoms with Gasteiger partial charge in [-0.05, 0) is 45.1 Å². The smallest absolute Gasteiger partial charge is 0.223 e. The number of likely N-dealkylation sites (tertiary alicyclic amines) is 1. The van der Waals surface area contributed by atoms with E-state index in [1.165, 1.54) is 24.8 Å². The molecule has 1 saturated heterocycles. The molecular formula is C25H42IN5O. The standard InChI is InChI=1S/C25H41N5O.HI/c1-3-26-25(28-16-15-27-24(31)22-12-8-5-9-13-22)29-23-14-17-30(20(2)18-23)19-21-10-6-4-7-11-21;/h4,6-7,10-11,20,22-23H,3,5,8-9,12-19H2,1-2H3,(H,27,31)(H2,26,28,29);1H. The summed E-state index contributed by atoms with van der Waals surface area (Å²) in [6.07, 6.45) is 7.95. The van der Waals surface area contributed by atoms with Gasteiger partial charge in [0.1, 0.15) is 0 Å². The molecule has 7 heteroatoms. The highest BCUT2D eigenvalue weighted by Crippen LogP contribution is 2.23. The van der Waals surface area contributed by atoms with Crippen LogP contribution >= 0.6 is 24.0 Å². The van der Waals surface area contributed by atoms with E-state index in [0.29, 0.717) is 25.2 Å². The van der Waals surface area contributed by atoms with Crippen LogP contribution in [0.3, 0.4) is 0 Å². The van der Waals surface area contributed by atoms with Gasteiger partial charge < -0.3 is 16.0 Å². The molecule has 1 aliphatic carbocycles. The van der Waals surface area contributed by atoms with Crippen molar-refractivity contribution in [1.82, 2.24) is 20.9 Å². The molecule has 3 rings (SSSR count). The van der Waals surface area contributed by atoms with Crippen molar-refractivity contribution >= 4 is 35.8 Å². The molecule has 0 bridgehead atoms. The second kappa shape index (κ2) is 14.7. The third-order valence-corrected chi connectivity index (χ3v) is 6.58. The van der Waals surface area contributed by atoms with Crippen LogP contribution in [-0.4, -0.2) is 55.0 Å². The summed E-state index contributed by atoms with van der Waals surface area (Å²) in [6, 6.07) is 11.7. The number of halogens is 1. The first-order valence-electron chi connectivity index (χ1n) is 12.3. The number of rotatable bonds is 8. The number of carbonyl (C=O) groups excluding carboxylic acids is 1. The number of aliphatic imine (C=N–C) groups is 1. The topological polar surface area (TPSA) is 68.8 Å². The van der Waals surface area contributed by atoms with Crippen LogP contribution < -0.4 is 16.0 Å². The number of nitrogens with one attached hydrogen (secondary N) is 3. The Morgan fingerprint density at radius 1 is 1.09 bits per heavy atom. The van der Waals surface area contributed by atoms with Gasteiger partial charge in [-0.15, -0.1) is 24.0 Å². The Balaban J connectivity index is 0.00000363. The van der Waals surface area contributed by atoms with E-state index in [-0.39, 0.29) is 35.8 Å². The molecule has 0 spiro atoms. The van der Waals surface area contributed by atoms with E-state index in [9.17, 15) is 4.79 Å². The van der Waals surface area contributed by atoms with Crippen LogP contribution in [0.1, 0.15) is 64.4 Å². The average molecular weight is 556 g/mol. The number of guanidine groups is 1. The Morgan fingerprint density at radius 2 is 1.84 bits per heavy atom. The predicted molar refractivity (Wildman–Crippen MR) is 143 cm³/mol. The molecule has 1 aromatic rings. The maximum absolute atomic E-state index is 12.3. The third-order valence-electron chi connectivity index (χ3n) is 6.58. The zero-order valence-corrected chi connectivity index (χ0v) is 22.1. The molecule has 0 aromatic heterocycles. The lowest BCUT2D eigenvalue weighted by molar-refractivity contribution is -0.125. The number of carbonyl (C=O) groups is 1. The minimum absolute atomic E-state index is 0. The van der Waals surface area contributed by atoms with Gasteiger partial charge in [0, 0.05) is 44.2 Å². The highest BCUT2D eigenvalue weighted by Gasteiger charge is 2.26. The molecule has 1 aliphatic heterocycles. The summed E-state index contributed by atoms with van der Waals surface area (Å²) in [5, 5.41) is 10.1. The average Bonchev–Trinajstić information content (AvgIpc) is 2.80. The zero-order valence-electron chi connectivity index (χ0n) is 19.8. The normalized spacial score (nSPS) is 22.6. The second-order valence-corrected chi connectivity index (χ2v) is 9.06. The molecule has 1 amide bonds. The quantitative estimate of drug-likeness (QED) is 0.197. The van der Waals surface area contributed by atoms with Crippen LogP contribution in [0.2, 0.25) is 0 Å². The summed E-state index contributed by atoms with van der Waals surface area (Å²) in [5.74, 6) is 1.29. The van der Waals surface area contributed by atoms with Gasteiger partial charge in [0.05, 0.1) is 6.54 Å². The Morgan fingerprint density at radius 3 is 2.53 bits per heavy atom. The van der Waals surface area contributed by atoms with Gasteiger partial charge in [-0.25, -0.2) is 0 Å². The van der Waals surface area contributed by atoms with Crippen LogP contribution in [0.15, 0.2) is 35.3 Å². The first kappa shape index (κ1) is 26.9. The zero-order chi connectivity index (χ0) is 21.9. The predicted octanol–water partition coefficient (Wildman–Crippen LogP) is 3.91. The van der Waals surface area contributed by atoms with Crippen molar-refractivity contribution in [2.75, 3.05) is 26.2 Å². The van der Waals surface area contributed by atoms with Gasteiger partial charge in [-0.3, -0.25) is 14.7 Å². The summed E-state index contributed by atoms with van der Waals surface area (Å²) in [6.45, 7) is 8.57. The van der Waals surface area contributed by atoms with E-state index in [1.54, 1.807) is 0 Å². The first-order chi connectivity index (χ1) is 15.2. The number of amides is 1. The fourth-order valence-corrected chi connectivity index (χ4v) is 4.77. The minimum atomic E-state index is 0. The summed E-state index contributed by atoms with van der Waals surface area (Å²) >= 11 is 0. The molecule has 3 N–H and O–H groups in total. The molecule has 6 nitrogen and oxygen atoms in total. The molecule has 2 unspecified atom stereocenters. The van der Waals surface area contributed by atoms with Crippen molar-refractivity contribution < 1.29 is 4.79 Å². The summed E-state index contributed by atoms with van der Waals surface area (Å²) in [4.78, 5) is 19.6. The molecule has 0 radical (unpaired) electrons. The fraction of sp³-hybridized carbons (Fsp3) is 0.680. The lowest BCUT2D eigenvalue weighted by Crippen LogP contribution is -2.51. The van der Waals surface area contributed by atoms with Crippen LogP contribution in [0, 0.1) is 5.92 Å². The van der Waals surface area contributed by atoms with E-state index in [2.05, 4.69) is 65.0 Å². The number of benzene rings is 1. The van der Waals surface area contributed by atoms with Gasteiger partial charge >= 0.3 is 0 Å². The Labute approximate surface area is 211 Å². The highest BCUT2D eigenvalue weighted by molar-refractivity contribution is 14.0. The van der Waals surface area contributed by atoms with Crippen molar-refractivity contribution in [3.63, 3.8) is 0 Å². The van der Waals surface area contributed by atoms with Gasteiger partial charge in [-0.1, -0.05) is 49.6 Å². The van der Waals surface area contributed by atoms with E-state index in [4.69, 9.17) is 4.99 Å². The van der Waals surface area contributed by atoms with Gasteiger partial charge in [0.2, 0.25) is 5.91 Å². The van der Waals surface area contributed by atoms with Crippen LogP contribution in [0.5, 0.6) is 0 Å². The molecule has 2 atom stereocenters. The first-order valence-corrected chi connectivity index (χ1v) is 12.3. The Hall–Kier alpha value is -1.35. The largest absolute Gasteiger partial charge is 0.357 e. The number of nitrogens with zero attached hydrogens (tertiary/aromatic N) is 2. The van der Waals surface area contributed by atoms with Crippen molar-refractivity contribution in [3.05, 3.63) is 35.9 Å². The number of piperidine rings is 1. The monoisotopic (exact) mass is 555 g/mol. The lowest BCUT2D eigenvalue weighted by Gasteiger charge is -2.38. The third kappa shape index (κ3) is 8.89. The number of hydrogen-bond acceptors (Lipinski definition) is 3. The van der Waals surface area contributed by atoms with E-state index in [1.807, 2.05) is 0 Å². The fourth-order valence-electron chi connectivity index (χ4n) is 4.77. The summed E-state index contributed by atoms with van der Waals surface area (Å²) in [7, 11) is 0. The van der Waals surface area contributed by atoms with E-state index >= 15 is 0 Å². The minimum Gasteiger partial charge on any atom is -0.357 e. The number of hydrogen-bond donors (Lipinski definition) is 3. The highest BCUT2D eigenvalue weighted by atomic mass is 127. The molecule has 1 saturated carbocycles. The van der Waals surface area contributed by atoms with Gasteiger partial charge in [0.25, 0.3) is 0 Å². The molecule has 2 fully saturated rings. The van der Waals surface area contributed by atoms with Crippen molar-refractivity contribution in [2.24, 2.45) is 10.9 Å². The molecule has 32 heavy (non-hydrogen) atoms. The van der Waals surface area contributed by atoms with Crippen molar-refractivity contribution in [2.45, 2.75) is 77.4 Å². The maximum atomic E-state index is 12.3. The van der Waals surface area contributed by atoms with Crippen LogP contribution in [0.4, 0.5) is 0 Å². The van der Waals surface area contributed by atoms with Crippen molar-refractivity contribution in [3.8, 4) is 0 Å². The van der Waals surface area contributed by atoms with Crippen LogP contribution in [-0.2, 0) is 11.3 Å². The molecule has 2 aliphatic rings. The van der Waals surface area contributed by atoms with Gasteiger partial charge in [0.15, 0.2) is 5.96 Å². The molecular weight excluding hydrogens is 513 g/mol. The van der Waals surface area contributed by atoms with Gasteiger partial charge in [-0.2, -0.15) is 0 Å². The summed E-state index contributed by atoms with van der Waals surface area (Å²) in [5.41, 5.74) is 1.38. The Kier molecular flexibility index (Phi) is 12.4. The SMILES string of the molecule is CCNC(=NCCNC(=O)C1CCCCC1)NC1CCN(Cc2ccccc2)C(C)C1.I. The molecule has 180 valence electrons. The second-order valence-electron chi connectivity index (χ2n) is 9.06. The van der Waals surface area contributed by atoms with Crippen LogP contribution in [0.25, 0.3) is 0 Å². The van der Waals surface area contributed by atoms with E-state index < -0.39 is 0 Å². The summed E-state index contributed by atoms with van der Waals surface area (Å²) < 4.78 is 0.